The van der Waals surface area contributed by atoms with Crippen LogP contribution in [0.25, 0.3) is 0 Å². The predicted octanol–water partition coefficient (Wildman–Crippen LogP) is 3.07. The molecule has 20 heavy (non-hydrogen) atoms. The Balaban J connectivity index is 1.91. The van der Waals surface area contributed by atoms with Gasteiger partial charge in [-0.25, -0.2) is 0 Å². The van der Waals surface area contributed by atoms with E-state index in [2.05, 4.69) is 18.0 Å². The van der Waals surface area contributed by atoms with Gasteiger partial charge < -0.3 is 5.11 Å². The molecule has 0 saturated heterocycles. The minimum absolute atomic E-state index is 0.0742. The average Bonchev–Trinajstić information content (AvgIpc) is 3.24. The van der Waals surface area contributed by atoms with E-state index >= 15 is 0 Å². The molecule has 2 aliphatic rings. The highest BCUT2D eigenvalue weighted by atomic mass is 16.3. The molecule has 3 nitrogen and oxygen atoms in total. The van der Waals surface area contributed by atoms with Crippen molar-refractivity contribution in [3.63, 3.8) is 0 Å². The van der Waals surface area contributed by atoms with Gasteiger partial charge in [-0.1, -0.05) is 12.1 Å². The van der Waals surface area contributed by atoms with Crippen LogP contribution in [0.5, 0.6) is 5.75 Å². The summed E-state index contributed by atoms with van der Waals surface area (Å²) in [5.74, 6) is 1.52. The van der Waals surface area contributed by atoms with Crippen LogP contribution in [-0.4, -0.2) is 29.4 Å². The lowest BCUT2D eigenvalue weighted by molar-refractivity contribution is -0.123. The normalized spacial score (nSPS) is 22.2. The third kappa shape index (κ3) is 2.59. The van der Waals surface area contributed by atoms with E-state index in [1.807, 2.05) is 12.1 Å². The molecule has 0 heterocycles. The second-order valence-electron chi connectivity index (χ2n) is 6.44. The van der Waals surface area contributed by atoms with Crippen molar-refractivity contribution in [3.8, 4) is 5.75 Å². The maximum atomic E-state index is 11.6. The molecule has 0 aliphatic heterocycles. The summed E-state index contributed by atoms with van der Waals surface area (Å²) < 4.78 is 0. The largest absolute Gasteiger partial charge is 0.508 e. The number of aromatic hydroxyl groups is 1. The molecule has 1 aromatic carbocycles. The quantitative estimate of drug-likeness (QED) is 0.916. The predicted molar refractivity (Wildman–Crippen MR) is 78.6 cm³/mol. The summed E-state index contributed by atoms with van der Waals surface area (Å²) in [6, 6.07) is 7.60. The fourth-order valence-electron chi connectivity index (χ4n) is 3.49. The lowest BCUT2D eigenvalue weighted by atomic mass is 9.75. The molecule has 0 amide bonds. The first-order chi connectivity index (χ1) is 9.60. The standard InChI is InChI=1S/C17H23NO2/c1-18(12-13-5-6-13)17(9-7-15(19)8-10-17)14-3-2-4-16(20)11-14/h2-4,11,13,20H,5-10,12H2,1H3. The van der Waals surface area contributed by atoms with Gasteiger partial charge in [-0.05, 0) is 56.3 Å². The van der Waals surface area contributed by atoms with E-state index in [1.54, 1.807) is 6.07 Å². The van der Waals surface area contributed by atoms with E-state index in [4.69, 9.17) is 0 Å². The van der Waals surface area contributed by atoms with Gasteiger partial charge in [0.25, 0.3) is 0 Å². The third-order valence-electron chi connectivity index (χ3n) is 4.98. The Kier molecular flexibility index (Phi) is 3.55. The van der Waals surface area contributed by atoms with Crippen LogP contribution in [0.3, 0.4) is 0 Å². The molecule has 0 radical (unpaired) electrons. The molecule has 2 saturated carbocycles. The maximum Gasteiger partial charge on any atom is 0.133 e. The Morgan fingerprint density at radius 3 is 2.60 bits per heavy atom. The summed E-state index contributed by atoms with van der Waals surface area (Å²) in [7, 11) is 2.18. The van der Waals surface area contributed by atoms with Crippen LogP contribution in [0.15, 0.2) is 24.3 Å². The van der Waals surface area contributed by atoms with Crippen molar-refractivity contribution in [3.05, 3.63) is 29.8 Å². The number of hydrogen-bond donors (Lipinski definition) is 1. The van der Waals surface area contributed by atoms with E-state index < -0.39 is 0 Å². The van der Waals surface area contributed by atoms with E-state index in [0.717, 1.165) is 30.9 Å². The van der Waals surface area contributed by atoms with Gasteiger partial charge in [-0.2, -0.15) is 0 Å². The molecule has 0 aromatic heterocycles. The SMILES string of the molecule is CN(CC1CC1)C1(c2cccc(O)c2)CCC(=O)CC1. The zero-order valence-corrected chi connectivity index (χ0v) is 12.1. The van der Waals surface area contributed by atoms with Crippen LogP contribution in [0.4, 0.5) is 0 Å². The number of carbonyl (C=O) groups excluding carboxylic acids is 1. The van der Waals surface area contributed by atoms with Crippen LogP contribution in [0, 0.1) is 5.92 Å². The minimum atomic E-state index is -0.0742. The average molecular weight is 273 g/mol. The first-order valence-corrected chi connectivity index (χ1v) is 7.63. The lowest BCUT2D eigenvalue weighted by Crippen LogP contribution is -2.47. The fraction of sp³-hybridized carbons (Fsp3) is 0.588. The second kappa shape index (κ2) is 5.21. The van der Waals surface area contributed by atoms with Crippen LogP contribution in [-0.2, 0) is 10.3 Å². The number of rotatable bonds is 4. The minimum Gasteiger partial charge on any atom is -0.508 e. The summed E-state index contributed by atoms with van der Waals surface area (Å²) >= 11 is 0. The van der Waals surface area contributed by atoms with E-state index in [0.29, 0.717) is 24.4 Å². The second-order valence-corrected chi connectivity index (χ2v) is 6.44. The van der Waals surface area contributed by atoms with Crippen LogP contribution >= 0.6 is 0 Å². The Hall–Kier alpha value is -1.35. The monoisotopic (exact) mass is 273 g/mol. The van der Waals surface area contributed by atoms with Gasteiger partial charge in [0.05, 0.1) is 0 Å². The maximum absolute atomic E-state index is 11.6. The molecular weight excluding hydrogens is 250 g/mol. The van der Waals surface area contributed by atoms with Crippen molar-refractivity contribution in [2.24, 2.45) is 5.92 Å². The van der Waals surface area contributed by atoms with Crippen molar-refractivity contribution < 1.29 is 9.90 Å². The molecule has 1 aromatic rings. The van der Waals surface area contributed by atoms with Crippen molar-refractivity contribution in [1.29, 1.82) is 0 Å². The molecule has 0 spiro atoms. The fourth-order valence-corrected chi connectivity index (χ4v) is 3.49. The van der Waals surface area contributed by atoms with Crippen molar-refractivity contribution in [2.45, 2.75) is 44.1 Å². The number of carbonyl (C=O) groups is 1. The highest BCUT2D eigenvalue weighted by molar-refractivity contribution is 5.79. The number of phenols is 1. The van der Waals surface area contributed by atoms with Gasteiger partial charge in [0, 0.05) is 24.9 Å². The first-order valence-electron chi connectivity index (χ1n) is 7.63. The highest BCUT2D eigenvalue weighted by Crippen LogP contribution is 2.43. The third-order valence-corrected chi connectivity index (χ3v) is 4.98. The van der Waals surface area contributed by atoms with Gasteiger partial charge >= 0.3 is 0 Å². The molecule has 3 heteroatoms. The molecule has 0 atom stereocenters. The van der Waals surface area contributed by atoms with E-state index in [-0.39, 0.29) is 5.54 Å². The zero-order valence-electron chi connectivity index (χ0n) is 12.1. The number of Topliss-reactive ketones (excluding diaryl/α,β-unsaturated/α-hetero) is 1. The summed E-state index contributed by atoms with van der Waals surface area (Å²) in [5, 5.41) is 9.80. The molecule has 3 rings (SSSR count). The highest BCUT2D eigenvalue weighted by Gasteiger charge is 2.41. The molecule has 0 bridgehead atoms. The lowest BCUT2D eigenvalue weighted by Gasteiger charge is -2.45. The summed E-state index contributed by atoms with van der Waals surface area (Å²) in [5.41, 5.74) is 1.09. The Labute approximate surface area is 120 Å². The van der Waals surface area contributed by atoms with Gasteiger partial charge in [-0.15, -0.1) is 0 Å². The summed E-state index contributed by atoms with van der Waals surface area (Å²) in [6.45, 7) is 1.10. The smallest absolute Gasteiger partial charge is 0.133 e. The number of benzene rings is 1. The van der Waals surface area contributed by atoms with E-state index in [1.165, 1.54) is 12.8 Å². The van der Waals surface area contributed by atoms with Crippen LogP contribution in [0.1, 0.15) is 44.1 Å². The molecule has 2 aliphatic carbocycles. The number of nitrogens with zero attached hydrogens (tertiary/aromatic N) is 1. The van der Waals surface area contributed by atoms with Crippen molar-refractivity contribution in [1.82, 2.24) is 4.90 Å². The Morgan fingerprint density at radius 1 is 1.30 bits per heavy atom. The molecule has 1 N–H and O–H groups in total. The van der Waals surface area contributed by atoms with Crippen molar-refractivity contribution in [2.75, 3.05) is 13.6 Å². The van der Waals surface area contributed by atoms with Gasteiger partial charge in [-0.3, -0.25) is 9.69 Å². The number of hydrogen-bond acceptors (Lipinski definition) is 3. The van der Waals surface area contributed by atoms with Crippen molar-refractivity contribution >= 4 is 5.78 Å². The van der Waals surface area contributed by atoms with Crippen LogP contribution < -0.4 is 0 Å². The Bertz CT molecular complexity index is 497. The molecule has 2 fully saturated rings. The number of ketones is 1. The molecule has 108 valence electrons. The first kappa shape index (κ1) is 13.6. The molecule has 0 unspecified atom stereocenters. The summed E-state index contributed by atoms with van der Waals surface area (Å²) in [4.78, 5) is 14.1. The van der Waals surface area contributed by atoms with Gasteiger partial charge in [0.1, 0.15) is 11.5 Å². The topological polar surface area (TPSA) is 40.5 Å². The summed E-state index contributed by atoms with van der Waals surface area (Å²) in [6.07, 6.45) is 5.73. The van der Waals surface area contributed by atoms with Gasteiger partial charge in [0.2, 0.25) is 0 Å². The van der Waals surface area contributed by atoms with E-state index in [9.17, 15) is 9.90 Å². The number of phenolic OH excluding ortho intramolecular Hbond substituents is 1. The molecular formula is C17H23NO2. The zero-order chi connectivity index (χ0) is 14.2. The Morgan fingerprint density at radius 2 is 2.00 bits per heavy atom. The van der Waals surface area contributed by atoms with Crippen LogP contribution in [0.2, 0.25) is 0 Å². The van der Waals surface area contributed by atoms with Gasteiger partial charge in [0.15, 0.2) is 0 Å².